The van der Waals surface area contributed by atoms with Gasteiger partial charge in [0.05, 0.1) is 12.2 Å². The normalized spacial score (nSPS) is 12.2. The van der Waals surface area contributed by atoms with Gasteiger partial charge in [0.1, 0.15) is 5.76 Å². The second-order valence-electron chi connectivity index (χ2n) is 3.65. The van der Waals surface area contributed by atoms with E-state index < -0.39 is 10.2 Å². The summed E-state index contributed by atoms with van der Waals surface area (Å²) in [6.45, 7) is 2.05. The van der Waals surface area contributed by atoms with E-state index >= 15 is 0 Å². The van der Waals surface area contributed by atoms with Crippen molar-refractivity contribution in [1.29, 1.82) is 0 Å². The molecule has 98 valence electrons. The molecule has 1 aromatic heterocycles. The van der Waals surface area contributed by atoms with Crippen LogP contribution in [-0.2, 0) is 16.8 Å². The summed E-state index contributed by atoms with van der Waals surface area (Å²) < 4.78 is 31.7. The Labute approximate surface area is 101 Å². The highest BCUT2D eigenvalue weighted by molar-refractivity contribution is 7.87. The Balaban J connectivity index is 2.49. The highest BCUT2D eigenvalue weighted by Crippen LogP contribution is 2.03. The largest absolute Gasteiger partial charge is 0.396 e. The molecule has 1 aromatic rings. The number of nitrogens with zero attached hydrogens (tertiary/aromatic N) is 2. The van der Waals surface area contributed by atoms with Crippen LogP contribution in [0, 0.1) is 6.92 Å². The number of nitrogens with one attached hydrogen (secondary N) is 1. The van der Waals surface area contributed by atoms with Crippen LogP contribution in [0.2, 0.25) is 0 Å². The number of aliphatic hydroxyl groups is 1. The second kappa shape index (κ2) is 6.10. The topological polar surface area (TPSA) is 95.7 Å². The Bertz CT molecular complexity index is 443. The van der Waals surface area contributed by atoms with Crippen LogP contribution in [0.25, 0.3) is 0 Å². The molecule has 7 nitrogen and oxygen atoms in total. The third kappa shape index (κ3) is 4.43. The molecule has 0 bridgehead atoms. The average Bonchev–Trinajstić information content (AvgIpc) is 2.69. The number of aliphatic hydroxyl groups excluding tert-OH is 1. The van der Waals surface area contributed by atoms with Gasteiger partial charge >= 0.3 is 0 Å². The van der Waals surface area contributed by atoms with E-state index in [1.54, 1.807) is 13.0 Å². The zero-order chi connectivity index (χ0) is 12.9. The summed E-state index contributed by atoms with van der Waals surface area (Å²) in [5.41, 5.74) is 0.529. The van der Waals surface area contributed by atoms with Gasteiger partial charge < -0.3 is 9.63 Å². The number of rotatable bonds is 7. The minimum atomic E-state index is -3.53. The number of hydrogen-bond donors (Lipinski definition) is 2. The lowest BCUT2D eigenvalue weighted by Gasteiger charge is -2.16. The molecule has 0 aliphatic rings. The van der Waals surface area contributed by atoms with Crippen molar-refractivity contribution in [3.05, 3.63) is 17.5 Å². The Kier molecular flexibility index (Phi) is 5.06. The quantitative estimate of drug-likeness (QED) is 0.700. The molecule has 0 aliphatic carbocycles. The minimum Gasteiger partial charge on any atom is -0.396 e. The van der Waals surface area contributed by atoms with E-state index in [2.05, 4.69) is 9.88 Å². The van der Waals surface area contributed by atoms with E-state index in [9.17, 15) is 8.42 Å². The Morgan fingerprint density at radius 3 is 2.82 bits per heavy atom. The summed E-state index contributed by atoms with van der Waals surface area (Å²) >= 11 is 0. The summed E-state index contributed by atoms with van der Waals surface area (Å²) in [5.74, 6) is 0.632. The fraction of sp³-hybridized carbons (Fsp3) is 0.667. The first-order chi connectivity index (χ1) is 7.95. The molecular formula is C9H17N3O4S. The molecule has 1 rings (SSSR count). The Morgan fingerprint density at radius 1 is 1.59 bits per heavy atom. The smallest absolute Gasteiger partial charge is 0.279 e. The monoisotopic (exact) mass is 263 g/mol. The predicted molar refractivity (Wildman–Crippen MR) is 61.3 cm³/mol. The van der Waals surface area contributed by atoms with Crippen molar-refractivity contribution < 1.29 is 18.0 Å². The standard InChI is InChI=1S/C9H17N3O4S/c1-8-6-9(11-16-8)7-10-17(14,15)12(2)4-3-5-13/h6,10,13H,3-5,7H2,1-2H3. The molecule has 0 amide bonds. The number of aryl methyl sites for hydroxylation is 1. The molecule has 0 radical (unpaired) electrons. The zero-order valence-corrected chi connectivity index (χ0v) is 10.7. The van der Waals surface area contributed by atoms with Crippen LogP contribution in [-0.4, -0.2) is 43.2 Å². The van der Waals surface area contributed by atoms with E-state index in [4.69, 9.17) is 9.63 Å². The molecule has 17 heavy (non-hydrogen) atoms. The summed E-state index contributed by atoms with van der Waals surface area (Å²) in [5, 5.41) is 12.3. The van der Waals surface area contributed by atoms with Gasteiger partial charge in [-0.05, 0) is 13.3 Å². The van der Waals surface area contributed by atoms with Crippen molar-refractivity contribution in [2.75, 3.05) is 20.2 Å². The first kappa shape index (κ1) is 14.1. The van der Waals surface area contributed by atoms with Crippen LogP contribution in [0.1, 0.15) is 17.9 Å². The highest BCUT2D eigenvalue weighted by Gasteiger charge is 2.17. The van der Waals surface area contributed by atoms with Crippen LogP contribution >= 0.6 is 0 Å². The van der Waals surface area contributed by atoms with Gasteiger partial charge in [0.25, 0.3) is 10.2 Å². The molecule has 0 fully saturated rings. The van der Waals surface area contributed by atoms with Gasteiger partial charge in [-0.15, -0.1) is 0 Å². The van der Waals surface area contributed by atoms with Gasteiger partial charge in [-0.1, -0.05) is 5.16 Å². The summed E-state index contributed by atoms with van der Waals surface area (Å²) in [7, 11) is -2.08. The maximum absolute atomic E-state index is 11.7. The first-order valence-electron chi connectivity index (χ1n) is 5.19. The van der Waals surface area contributed by atoms with E-state index in [1.165, 1.54) is 7.05 Å². The molecule has 1 heterocycles. The van der Waals surface area contributed by atoms with Crippen molar-refractivity contribution in [3.8, 4) is 0 Å². The molecule has 0 atom stereocenters. The molecule has 0 saturated carbocycles. The summed E-state index contributed by atoms with van der Waals surface area (Å²) in [6.07, 6.45) is 0.403. The van der Waals surface area contributed by atoms with Crippen LogP contribution in [0.3, 0.4) is 0 Å². The van der Waals surface area contributed by atoms with Gasteiger partial charge in [0.2, 0.25) is 0 Å². The van der Waals surface area contributed by atoms with Gasteiger partial charge in [-0.2, -0.15) is 17.4 Å². The molecule has 0 aliphatic heterocycles. The Hall–Kier alpha value is -0.960. The Morgan fingerprint density at radius 2 is 2.29 bits per heavy atom. The van der Waals surface area contributed by atoms with Crippen LogP contribution in [0.4, 0.5) is 0 Å². The molecule has 2 N–H and O–H groups in total. The maximum atomic E-state index is 11.7. The molecule has 0 spiro atoms. The van der Waals surface area contributed by atoms with Crippen molar-refractivity contribution in [3.63, 3.8) is 0 Å². The summed E-state index contributed by atoms with van der Waals surface area (Å²) in [4.78, 5) is 0. The van der Waals surface area contributed by atoms with Gasteiger partial charge in [-0.3, -0.25) is 0 Å². The lowest BCUT2D eigenvalue weighted by Crippen LogP contribution is -2.38. The molecule has 8 heteroatoms. The lowest BCUT2D eigenvalue weighted by molar-refractivity contribution is 0.275. The van der Waals surface area contributed by atoms with Gasteiger partial charge in [-0.25, -0.2) is 0 Å². The van der Waals surface area contributed by atoms with E-state index in [0.29, 0.717) is 17.9 Å². The molecule has 0 aromatic carbocycles. The van der Waals surface area contributed by atoms with Crippen molar-refractivity contribution in [2.45, 2.75) is 19.9 Å². The van der Waals surface area contributed by atoms with E-state index in [-0.39, 0.29) is 19.7 Å². The van der Waals surface area contributed by atoms with Crippen molar-refractivity contribution in [2.24, 2.45) is 0 Å². The fourth-order valence-corrected chi connectivity index (χ4v) is 2.11. The van der Waals surface area contributed by atoms with Gasteiger partial charge in [0.15, 0.2) is 0 Å². The molecular weight excluding hydrogens is 246 g/mol. The summed E-state index contributed by atoms with van der Waals surface area (Å²) in [6, 6.07) is 1.66. The maximum Gasteiger partial charge on any atom is 0.279 e. The van der Waals surface area contributed by atoms with Crippen LogP contribution in [0.5, 0.6) is 0 Å². The van der Waals surface area contributed by atoms with E-state index in [1.807, 2.05) is 0 Å². The third-order valence-electron chi connectivity index (χ3n) is 2.15. The fourth-order valence-electron chi connectivity index (χ4n) is 1.19. The lowest BCUT2D eigenvalue weighted by atomic mass is 10.4. The van der Waals surface area contributed by atoms with E-state index in [0.717, 1.165) is 4.31 Å². The van der Waals surface area contributed by atoms with Crippen molar-refractivity contribution >= 4 is 10.2 Å². The number of hydrogen-bond acceptors (Lipinski definition) is 5. The second-order valence-corrected chi connectivity index (χ2v) is 5.52. The first-order valence-corrected chi connectivity index (χ1v) is 6.63. The third-order valence-corrected chi connectivity index (χ3v) is 3.67. The zero-order valence-electron chi connectivity index (χ0n) is 9.88. The highest BCUT2D eigenvalue weighted by atomic mass is 32.2. The molecule has 0 saturated heterocycles. The van der Waals surface area contributed by atoms with Crippen molar-refractivity contribution in [1.82, 2.24) is 14.2 Å². The SMILES string of the molecule is Cc1cc(CNS(=O)(=O)N(C)CCCO)no1. The average molecular weight is 263 g/mol. The van der Waals surface area contributed by atoms with Crippen LogP contribution < -0.4 is 4.72 Å². The predicted octanol–water partition coefficient (Wildman–Crippen LogP) is -0.368. The van der Waals surface area contributed by atoms with Crippen LogP contribution in [0.15, 0.2) is 10.6 Å². The minimum absolute atomic E-state index is 0.0393. The van der Waals surface area contributed by atoms with Gasteiger partial charge in [0, 0.05) is 26.3 Å². The molecule has 0 unspecified atom stereocenters. The number of aromatic nitrogens is 1.